The van der Waals surface area contributed by atoms with Crippen LogP contribution in [0.1, 0.15) is 37.8 Å². The highest BCUT2D eigenvalue weighted by molar-refractivity contribution is 7.85. The molecule has 0 aromatic heterocycles. The molecule has 4 heteroatoms. The predicted molar refractivity (Wildman–Crippen MR) is 73.5 cm³/mol. The highest BCUT2D eigenvalue weighted by Crippen LogP contribution is 2.22. The van der Waals surface area contributed by atoms with Gasteiger partial charge in [0.15, 0.2) is 0 Å². The van der Waals surface area contributed by atoms with Gasteiger partial charge >= 0.3 is 0 Å². The van der Waals surface area contributed by atoms with Crippen molar-refractivity contribution in [3.05, 3.63) is 35.6 Å². The first-order valence-corrected chi connectivity index (χ1v) is 8.05. The van der Waals surface area contributed by atoms with Gasteiger partial charge < -0.3 is 5.32 Å². The summed E-state index contributed by atoms with van der Waals surface area (Å²) in [6.07, 6.45) is 2.72. The Labute approximate surface area is 110 Å². The summed E-state index contributed by atoms with van der Waals surface area (Å²) in [4.78, 5) is 0. The van der Waals surface area contributed by atoms with Gasteiger partial charge in [0.05, 0.1) is 0 Å². The molecule has 1 unspecified atom stereocenters. The Hall–Kier alpha value is -0.740. The Bertz CT molecular complexity index is 414. The van der Waals surface area contributed by atoms with E-state index in [-0.39, 0.29) is 11.9 Å². The van der Waals surface area contributed by atoms with Gasteiger partial charge in [0, 0.05) is 40.0 Å². The second-order valence-electron chi connectivity index (χ2n) is 4.77. The summed E-state index contributed by atoms with van der Waals surface area (Å²) in [6.45, 7) is 2.06. The summed E-state index contributed by atoms with van der Waals surface area (Å²) in [5, 5.41) is 3.51. The zero-order valence-corrected chi connectivity index (χ0v) is 11.5. The summed E-state index contributed by atoms with van der Waals surface area (Å²) >= 11 is 0. The van der Waals surface area contributed by atoms with E-state index in [0.29, 0.717) is 6.04 Å². The van der Waals surface area contributed by atoms with Crippen molar-refractivity contribution in [2.75, 3.05) is 11.5 Å². The second kappa shape index (κ2) is 6.43. The van der Waals surface area contributed by atoms with Crippen LogP contribution in [0.3, 0.4) is 0 Å². The molecular formula is C14H20FNOS. The number of hydrogen-bond acceptors (Lipinski definition) is 2. The van der Waals surface area contributed by atoms with Crippen molar-refractivity contribution in [2.24, 2.45) is 0 Å². The van der Waals surface area contributed by atoms with E-state index >= 15 is 0 Å². The molecule has 18 heavy (non-hydrogen) atoms. The van der Waals surface area contributed by atoms with Crippen molar-refractivity contribution in [2.45, 2.75) is 38.3 Å². The van der Waals surface area contributed by atoms with Crippen LogP contribution >= 0.6 is 0 Å². The lowest BCUT2D eigenvalue weighted by atomic mass is 10.0. The molecule has 100 valence electrons. The lowest BCUT2D eigenvalue weighted by Gasteiger charge is -2.28. The maximum atomic E-state index is 13.8. The van der Waals surface area contributed by atoms with Gasteiger partial charge in [0.2, 0.25) is 0 Å². The normalized spacial score (nSPS) is 25.9. The lowest BCUT2D eigenvalue weighted by Crippen LogP contribution is -2.38. The van der Waals surface area contributed by atoms with Crippen LogP contribution in [0, 0.1) is 5.82 Å². The standard InChI is InChI=1S/C14H20FNOS/c1-2-14(12-5-3-4-6-13(12)15)16-11-7-9-18(17)10-8-11/h3-6,11,14,16H,2,7-10H2,1H3. The molecule has 0 spiro atoms. The molecule has 1 N–H and O–H groups in total. The third kappa shape index (κ3) is 3.39. The van der Waals surface area contributed by atoms with Crippen LogP contribution in [0.2, 0.25) is 0 Å². The van der Waals surface area contributed by atoms with Crippen molar-refractivity contribution in [3.63, 3.8) is 0 Å². The first kappa shape index (κ1) is 13.7. The number of rotatable bonds is 4. The molecule has 2 rings (SSSR count). The van der Waals surface area contributed by atoms with Crippen molar-refractivity contribution < 1.29 is 8.60 Å². The van der Waals surface area contributed by atoms with Crippen molar-refractivity contribution >= 4 is 10.8 Å². The average Bonchev–Trinajstić information content (AvgIpc) is 2.39. The van der Waals surface area contributed by atoms with E-state index in [2.05, 4.69) is 12.2 Å². The van der Waals surface area contributed by atoms with Gasteiger partial charge in [-0.05, 0) is 25.3 Å². The zero-order chi connectivity index (χ0) is 13.0. The van der Waals surface area contributed by atoms with Crippen LogP contribution in [0.4, 0.5) is 4.39 Å². The van der Waals surface area contributed by atoms with Gasteiger partial charge in [-0.25, -0.2) is 4.39 Å². The summed E-state index contributed by atoms with van der Waals surface area (Å²) in [5.74, 6) is 1.40. The highest BCUT2D eigenvalue weighted by atomic mass is 32.2. The average molecular weight is 269 g/mol. The molecule has 1 heterocycles. The molecule has 0 amide bonds. The van der Waals surface area contributed by atoms with Crippen LogP contribution in [-0.2, 0) is 10.8 Å². The number of hydrogen-bond donors (Lipinski definition) is 1. The fourth-order valence-corrected chi connectivity index (χ4v) is 3.73. The maximum absolute atomic E-state index is 13.8. The van der Waals surface area contributed by atoms with Crippen molar-refractivity contribution in [1.82, 2.24) is 5.32 Å². The van der Waals surface area contributed by atoms with E-state index in [1.165, 1.54) is 6.07 Å². The van der Waals surface area contributed by atoms with E-state index in [4.69, 9.17) is 0 Å². The Morgan fingerprint density at radius 1 is 1.39 bits per heavy atom. The van der Waals surface area contributed by atoms with Crippen LogP contribution < -0.4 is 5.32 Å². The fraction of sp³-hybridized carbons (Fsp3) is 0.571. The Balaban J connectivity index is 2.01. The molecule has 0 bridgehead atoms. The zero-order valence-electron chi connectivity index (χ0n) is 10.7. The summed E-state index contributed by atoms with van der Waals surface area (Å²) in [6, 6.07) is 7.37. The monoisotopic (exact) mass is 269 g/mol. The molecular weight excluding hydrogens is 249 g/mol. The van der Waals surface area contributed by atoms with Gasteiger partial charge in [-0.2, -0.15) is 0 Å². The lowest BCUT2D eigenvalue weighted by molar-refractivity contribution is 0.393. The number of halogens is 1. The minimum absolute atomic E-state index is 0.0581. The third-order valence-electron chi connectivity index (χ3n) is 3.51. The summed E-state index contributed by atoms with van der Waals surface area (Å²) < 4.78 is 25.1. The molecule has 1 fully saturated rings. The summed E-state index contributed by atoms with van der Waals surface area (Å²) in [7, 11) is -0.641. The quantitative estimate of drug-likeness (QED) is 0.910. The van der Waals surface area contributed by atoms with E-state index in [1.54, 1.807) is 6.07 Å². The number of benzene rings is 1. The second-order valence-corrected chi connectivity index (χ2v) is 6.47. The molecule has 1 aliphatic rings. The largest absolute Gasteiger partial charge is 0.307 e. The van der Waals surface area contributed by atoms with Crippen molar-refractivity contribution in [3.8, 4) is 0 Å². The fourth-order valence-electron chi connectivity index (χ4n) is 2.43. The maximum Gasteiger partial charge on any atom is 0.127 e. The molecule has 0 aliphatic carbocycles. The van der Waals surface area contributed by atoms with E-state index in [0.717, 1.165) is 36.3 Å². The Morgan fingerprint density at radius 3 is 2.67 bits per heavy atom. The number of nitrogens with one attached hydrogen (secondary N) is 1. The molecule has 2 nitrogen and oxygen atoms in total. The smallest absolute Gasteiger partial charge is 0.127 e. The van der Waals surface area contributed by atoms with Crippen LogP contribution in [0.5, 0.6) is 0 Å². The molecule has 1 aromatic rings. The third-order valence-corrected chi connectivity index (χ3v) is 4.90. The Morgan fingerprint density at radius 2 is 2.06 bits per heavy atom. The first-order valence-electron chi connectivity index (χ1n) is 6.56. The van der Waals surface area contributed by atoms with Gasteiger partial charge in [-0.15, -0.1) is 0 Å². The minimum atomic E-state index is -0.641. The molecule has 0 saturated carbocycles. The molecule has 1 atom stereocenters. The molecule has 1 aliphatic heterocycles. The van der Waals surface area contributed by atoms with Gasteiger partial charge in [-0.1, -0.05) is 25.1 Å². The topological polar surface area (TPSA) is 29.1 Å². The molecule has 0 radical (unpaired) electrons. The highest BCUT2D eigenvalue weighted by Gasteiger charge is 2.22. The van der Waals surface area contributed by atoms with Gasteiger partial charge in [0.1, 0.15) is 5.82 Å². The Kier molecular flexibility index (Phi) is 4.89. The van der Waals surface area contributed by atoms with Crippen molar-refractivity contribution in [1.29, 1.82) is 0 Å². The van der Waals surface area contributed by atoms with Crippen LogP contribution in [-0.4, -0.2) is 21.8 Å². The van der Waals surface area contributed by atoms with Gasteiger partial charge in [0.25, 0.3) is 0 Å². The summed E-state index contributed by atoms with van der Waals surface area (Å²) in [5.41, 5.74) is 0.742. The van der Waals surface area contributed by atoms with Gasteiger partial charge in [-0.3, -0.25) is 4.21 Å². The van der Waals surface area contributed by atoms with E-state index in [1.807, 2.05) is 12.1 Å². The first-order chi connectivity index (χ1) is 8.70. The predicted octanol–water partition coefficient (Wildman–Crippen LogP) is 2.78. The molecule has 1 saturated heterocycles. The SMILES string of the molecule is CCC(NC1CCS(=O)CC1)c1ccccc1F. The molecule has 1 aromatic carbocycles. The van der Waals surface area contributed by atoms with E-state index in [9.17, 15) is 8.60 Å². The van der Waals surface area contributed by atoms with Crippen LogP contribution in [0.25, 0.3) is 0 Å². The van der Waals surface area contributed by atoms with E-state index < -0.39 is 10.8 Å². The van der Waals surface area contributed by atoms with Crippen LogP contribution in [0.15, 0.2) is 24.3 Å². The minimum Gasteiger partial charge on any atom is -0.307 e.